The van der Waals surface area contributed by atoms with E-state index in [2.05, 4.69) is 29.6 Å². The third-order valence-corrected chi connectivity index (χ3v) is 3.36. The standard InChI is InChI=1S/C11H15ClN2S/c1-14-5-3-2-4-10(14)9-6-8(15)7-11(12)13-9/h6-7,10H,2-5H2,1H3,(H,13,15). The Labute approximate surface area is 101 Å². The van der Waals surface area contributed by atoms with E-state index in [-0.39, 0.29) is 0 Å². The number of aromatic nitrogens is 1. The van der Waals surface area contributed by atoms with Crippen LogP contribution in [0.4, 0.5) is 0 Å². The molecule has 15 heavy (non-hydrogen) atoms. The molecule has 1 aromatic heterocycles. The monoisotopic (exact) mass is 242 g/mol. The van der Waals surface area contributed by atoms with Crippen LogP contribution in [0.5, 0.6) is 0 Å². The minimum atomic E-state index is 0.406. The summed E-state index contributed by atoms with van der Waals surface area (Å²) < 4.78 is 0. The largest absolute Gasteiger partial charge is 0.298 e. The number of pyridine rings is 1. The molecule has 0 radical (unpaired) electrons. The average Bonchev–Trinajstić information content (AvgIpc) is 2.16. The van der Waals surface area contributed by atoms with Crippen LogP contribution in [0.1, 0.15) is 31.0 Å². The molecular weight excluding hydrogens is 228 g/mol. The van der Waals surface area contributed by atoms with Gasteiger partial charge in [0, 0.05) is 4.90 Å². The predicted molar refractivity (Wildman–Crippen MR) is 65.7 cm³/mol. The van der Waals surface area contributed by atoms with Gasteiger partial charge in [0.2, 0.25) is 0 Å². The SMILES string of the molecule is CN1CCCCC1c1cc(S)cc(Cl)n1. The zero-order valence-electron chi connectivity index (χ0n) is 8.78. The van der Waals surface area contributed by atoms with Crippen LogP contribution in [0.3, 0.4) is 0 Å². The summed E-state index contributed by atoms with van der Waals surface area (Å²) >= 11 is 10.3. The molecule has 2 heterocycles. The van der Waals surface area contributed by atoms with Crippen molar-refractivity contribution in [2.24, 2.45) is 0 Å². The lowest BCUT2D eigenvalue weighted by atomic mass is 10.00. The molecule has 82 valence electrons. The van der Waals surface area contributed by atoms with Gasteiger partial charge in [0.15, 0.2) is 0 Å². The molecular formula is C11H15ClN2S. The molecule has 1 atom stereocenters. The number of halogens is 1. The summed E-state index contributed by atoms with van der Waals surface area (Å²) in [6, 6.07) is 4.20. The van der Waals surface area contributed by atoms with Gasteiger partial charge in [-0.1, -0.05) is 18.0 Å². The maximum Gasteiger partial charge on any atom is 0.130 e. The minimum absolute atomic E-state index is 0.406. The average molecular weight is 243 g/mol. The van der Waals surface area contributed by atoms with E-state index >= 15 is 0 Å². The Morgan fingerprint density at radius 3 is 2.93 bits per heavy atom. The number of rotatable bonds is 1. The van der Waals surface area contributed by atoms with Crippen molar-refractivity contribution in [2.75, 3.05) is 13.6 Å². The van der Waals surface area contributed by atoms with E-state index in [1.54, 1.807) is 6.07 Å². The third-order valence-electron chi connectivity index (χ3n) is 2.91. The van der Waals surface area contributed by atoms with Crippen LogP contribution in [0.25, 0.3) is 0 Å². The van der Waals surface area contributed by atoms with E-state index in [4.69, 9.17) is 11.6 Å². The molecule has 0 amide bonds. The minimum Gasteiger partial charge on any atom is -0.298 e. The Morgan fingerprint density at radius 2 is 2.27 bits per heavy atom. The van der Waals surface area contributed by atoms with Crippen molar-refractivity contribution < 1.29 is 0 Å². The van der Waals surface area contributed by atoms with Crippen LogP contribution in [-0.4, -0.2) is 23.5 Å². The maximum absolute atomic E-state index is 5.94. The number of hydrogen-bond acceptors (Lipinski definition) is 3. The summed E-state index contributed by atoms with van der Waals surface area (Å²) in [4.78, 5) is 7.62. The van der Waals surface area contributed by atoms with Crippen molar-refractivity contribution in [1.29, 1.82) is 0 Å². The molecule has 2 rings (SSSR count). The molecule has 1 aliphatic rings. The fraction of sp³-hybridized carbons (Fsp3) is 0.545. The van der Waals surface area contributed by atoms with Crippen molar-refractivity contribution in [3.8, 4) is 0 Å². The van der Waals surface area contributed by atoms with Crippen molar-refractivity contribution in [2.45, 2.75) is 30.2 Å². The summed E-state index contributed by atoms with van der Waals surface area (Å²) in [5.74, 6) is 0. The summed E-state index contributed by atoms with van der Waals surface area (Å²) in [5.41, 5.74) is 1.05. The second kappa shape index (κ2) is 4.73. The van der Waals surface area contributed by atoms with Gasteiger partial charge < -0.3 is 0 Å². The van der Waals surface area contributed by atoms with Crippen molar-refractivity contribution >= 4 is 24.2 Å². The highest BCUT2D eigenvalue weighted by Gasteiger charge is 2.22. The van der Waals surface area contributed by atoms with Crippen LogP contribution in [0.15, 0.2) is 17.0 Å². The zero-order chi connectivity index (χ0) is 10.8. The Balaban J connectivity index is 2.27. The number of nitrogens with zero attached hydrogens (tertiary/aromatic N) is 2. The summed E-state index contributed by atoms with van der Waals surface area (Å²) in [7, 11) is 2.14. The molecule has 0 N–H and O–H groups in total. The van der Waals surface area contributed by atoms with Gasteiger partial charge in [0.25, 0.3) is 0 Å². The molecule has 1 aromatic rings. The van der Waals surface area contributed by atoms with Crippen LogP contribution >= 0.6 is 24.2 Å². The summed E-state index contributed by atoms with van der Waals surface area (Å²) in [6.07, 6.45) is 3.71. The van der Waals surface area contributed by atoms with Gasteiger partial charge >= 0.3 is 0 Å². The quantitative estimate of drug-likeness (QED) is 0.602. The third kappa shape index (κ3) is 2.65. The first-order valence-corrected chi connectivity index (χ1v) is 6.06. The lowest BCUT2D eigenvalue weighted by Crippen LogP contribution is -2.30. The fourth-order valence-electron chi connectivity index (χ4n) is 2.12. The molecule has 0 saturated carbocycles. The normalized spacial score (nSPS) is 23.0. The summed E-state index contributed by atoms with van der Waals surface area (Å²) in [6.45, 7) is 1.14. The highest BCUT2D eigenvalue weighted by Crippen LogP contribution is 2.30. The molecule has 1 saturated heterocycles. The van der Waals surface area contributed by atoms with E-state index in [1.807, 2.05) is 6.07 Å². The molecule has 0 aliphatic carbocycles. The fourth-order valence-corrected chi connectivity index (χ4v) is 2.67. The second-order valence-corrected chi connectivity index (χ2v) is 4.97. The first-order valence-electron chi connectivity index (χ1n) is 5.23. The lowest BCUT2D eigenvalue weighted by Gasteiger charge is -2.32. The van der Waals surface area contributed by atoms with E-state index in [1.165, 1.54) is 12.8 Å². The summed E-state index contributed by atoms with van der Waals surface area (Å²) in [5, 5.41) is 0.538. The van der Waals surface area contributed by atoms with Crippen molar-refractivity contribution in [3.05, 3.63) is 23.0 Å². The molecule has 0 spiro atoms. The number of piperidine rings is 1. The Hall–Kier alpha value is -0.250. The zero-order valence-corrected chi connectivity index (χ0v) is 10.4. The van der Waals surface area contributed by atoms with Gasteiger partial charge in [-0.25, -0.2) is 4.98 Å². The van der Waals surface area contributed by atoms with Crippen LogP contribution in [-0.2, 0) is 0 Å². The molecule has 0 bridgehead atoms. The molecule has 1 unspecified atom stereocenters. The number of hydrogen-bond donors (Lipinski definition) is 1. The van der Waals surface area contributed by atoms with E-state index in [0.717, 1.165) is 23.6 Å². The molecule has 1 aliphatic heterocycles. The van der Waals surface area contributed by atoms with Crippen molar-refractivity contribution in [3.63, 3.8) is 0 Å². The highest BCUT2D eigenvalue weighted by molar-refractivity contribution is 7.80. The van der Waals surface area contributed by atoms with E-state index in [9.17, 15) is 0 Å². The first-order chi connectivity index (χ1) is 7.16. The van der Waals surface area contributed by atoms with E-state index < -0.39 is 0 Å². The molecule has 1 fully saturated rings. The van der Waals surface area contributed by atoms with Crippen LogP contribution in [0.2, 0.25) is 5.15 Å². The van der Waals surface area contributed by atoms with Gasteiger partial charge in [0.05, 0.1) is 11.7 Å². The highest BCUT2D eigenvalue weighted by atomic mass is 35.5. The van der Waals surface area contributed by atoms with Crippen molar-refractivity contribution in [1.82, 2.24) is 9.88 Å². The lowest BCUT2D eigenvalue weighted by molar-refractivity contribution is 0.183. The Kier molecular flexibility index (Phi) is 3.54. The Bertz CT molecular complexity index is 336. The maximum atomic E-state index is 5.94. The molecule has 4 heteroatoms. The van der Waals surface area contributed by atoms with Crippen LogP contribution < -0.4 is 0 Å². The van der Waals surface area contributed by atoms with Crippen LogP contribution in [0, 0.1) is 0 Å². The topological polar surface area (TPSA) is 16.1 Å². The van der Waals surface area contributed by atoms with E-state index in [0.29, 0.717) is 11.2 Å². The van der Waals surface area contributed by atoms with Gasteiger partial charge in [-0.15, -0.1) is 12.6 Å². The second-order valence-electron chi connectivity index (χ2n) is 4.07. The first kappa shape index (κ1) is 11.2. The Morgan fingerprint density at radius 1 is 1.47 bits per heavy atom. The number of likely N-dealkylation sites (tertiary alicyclic amines) is 1. The van der Waals surface area contributed by atoms with Gasteiger partial charge in [-0.2, -0.15) is 0 Å². The van der Waals surface area contributed by atoms with Gasteiger partial charge in [-0.05, 0) is 38.6 Å². The predicted octanol–water partition coefficient (Wildman–Crippen LogP) is 3.18. The molecule has 0 aromatic carbocycles. The number of thiol groups is 1. The smallest absolute Gasteiger partial charge is 0.130 e. The van der Waals surface area contributed by atoms with Gasteiger partial charge in [0.1, 0.15) is 5.15 Å². The molecule has 2 nitrogen and oxygen atoms in total. The van der Waals surface area contributed by atoms with Gasteiger partial charge in [-0.3, -0.25) is 4.90 Å².